The Morgan fingerprint density at radius 2 is 1.74 bits per heavy atom. The van der Waals surface area contributed by atoms with Crippen molar-refractivity contribution in [2.24, 2.45) is 0 Å². The van der Waals surface area contributed by atoms with Crippen LogP contribution in [0.2, 0.25) is 5.02 Å². The SMILES string of the molecule is CP(C)(=O)c1ccccc1Nc1cc(Nc2cc(C3CCNCC3)ccn2)ncc1Cl. The molecule has 0 unspecified atom stereocenters. The van der Waals surface area contributed by atoms with Crippen molar-refractivity contribution in [2.75, 3.05) is 37.1 Å². The lowest BCUT2D eigenvalue weighted by Crippen LogP contribution is -2.26. The molecule has 162 valence electrons. The Balaban J connectivity index is 1.56. The molecule has 3 aromatic rings. The van der Waals surface area contributed by atoms with E-state index in [0.717, 1.165) is 42.7 Å². The first-order valence-electron chi connectivity index (χ1n) is 10.4. The van der Waals surface area contributed by atoms with Crippen LogP contribution in [0.4, 0.5) is 23.0 Å². The molecule has 0 atom stereocenters. The molecule has 0 bridgehead atoms. The number of rotatable bonds is 6. The van der Waals surface area contributed by atoms with Crippen molar-refractivity contribution in [3.8, 4) is 0 Å². The molecule has 1 aliphatic rings. The Kier molecular flexibility index (Phi) is 6.61. The summed E-state index contributed by atoms with van der Waals surface area (Å²) in [5.41, 5.74) is 2.76. The van der Waals surface area contributed by atoms with Crippen LogP contribution in [0.5, 0.6) is 0 Å². The van der Waals surface area contributed by atoms with Crippen LogP contribution in [-0.2, 0) is 4.57 Å². The van der Waals surface area contributed by atoms with Gasteiger partial charge in [0.1, 0.15) is 18.8 Å². The van der Waals surface area contributed by atoms with E-state index >= 15 is 0 Å². The van der Waals surface area contributed by atoms with E-state index in [4.69, 9.17) is 11.6 Å². The van der Waals surface area contributed by atoms with Gasteiger partial charge in [-0.15, -0.1) is 0 Å². The highest BCUT2D eigenvalue weighted by Crippen LogP contribution is 2.39. The predicted molar refractivity (Wildman–Crippen MR) is 130 cm³/mol. The number of hydrogen-bond acceptors (Lipinski definition) is 6. The zero-order chi connectivity index (χ0) is 21.8. The Bertz CT molecular complexity index is 1110. The number of piperidine rings is 1. The fourth-order valence-electron chi connectivity index (χ4n) is 3.85. The van der Waals surface area contributed by atoms with Gasteiger partial charge in [0.2, 0.25) is 0 Å². The Morgan fingerprint density at radius 3 is 2.52 bits per heavy atom. The first-order valence-corrected chi connectivity index (χ1v) is 13.4. The number of para-hydroxylation sites is 1. The molecule has 6 nitrogen and oxygen atoms in total. The van der Waals surface area contributed by atoms with Gasteiger partial charge < -0.3 is 20.5 Å². The second-order valence-corrected chi connectivity index (χ2v) is 11.8. The quantitative estimate of drug-likeness (QED) is 0.436. The van der Waals surface area contributed by atoms with Gasteiger partial charge in [0, 0.05) is 23.3 Å². The molecule has 0 spiro atoms. The molecule has 3 N–H and O–H groups in total. The average molecular weight is 456 g/mol. The van der Waals surface area contributed by atoms with Crippen LogP contribution in [0.25, 0.3) is 0 Å². The second kappa shape index (κ2) is 9.39. The highest BCUT2D eigenvalue weighted by Gasteiger charge is 2.17. The standard InChI is InChI=1S/C23H27ClN5OP/c1-31(2,30)21-6-4-3-5-19(21)28-20-14-23(27-15-18(20)24)29-22-13-17(9-12-26-22)16-7-10-25-11-8-16/h3-6,9,12-16,25H,7-8,10-11H2,1-2H3,(H2,26,27,28,29). The van der Waals surface area contributed by atoms with Gasteiger partial charge in [-0.2, -0.15) is 0 Å². The van der Waals surface area contributed by atoms with Gasteiger partial charge in [0.05, 0.1) is 16.9 Å². The maximum atomic E-state index is 12.7. The van der Waals surface area contributed by atoms with Gasteiger partial charge >= 0.3 is 0 Å². The normalized spacial score (nSPS) is 14.9. The minimum absolute atomic E-state index is 0.485. The van der Waals surface area contributed by atoms with E-state index in [2.05, 4.69) is 38.1 Å². The molecule has 4 rings (SSSR count). The van der Waals surface area contributed by atoms with E-state index in [1.807, 2.05) is 36.5 Å². The first kappa shape index (κ1) is 21.8. The van der Waals surface area contributed by atoms with E-state index in [9.17, 15) is 4.57 Å². The largest absolute Gasteiger partial charge is 0.354 e. The monoisotopic (exact) mass is 455 g/mol. The lowest BCUT2D eigenvalue weighted by molar-refractivity contribution is 0.460. The fraction of sp³-hybridized carbons (Fsp3) is 0.304. The van der Waals surface area contributed by atoms with Gasteiger partial charge in [-0.05, 0) is 75.0 Å². The van der Waals surface area contributed by atoms with E-state index in [1.165, 1.54) is 5.56 Å². The Labute approximate surface area is 188 Å². The van der Waals surface area contributed by atoms with Gasteiger partial charge in [0.15, 0.2) is 0 Å². The molecule has 3 heterocycles. The van der Waals surface area contributed by atoms with Crippen LogP contribution in [0.3, 0.4) is 0 Å². The van der Waals surface area contributed by atoms with E-state index in [0.29, 0.717) is 22.4 Å². The van der Waals surface area contributed by atoms with Crippen LogP contribution >= 0.6 is 18.7 Å². The fourth-order valence-corrected chi connectivity index (χ4v) is 5.16. The summed E-state index contributed by atoms with van der Waals surface area (Å²) in [6.45, 7) is 5.62. The molecule has 1 aliphatic heterocycles. The number of hydrogen-bond donors (Lipinski definition) is 3. The lowest BCUT2D eigenvalue weighted by atomic mass is 9.91. The summed E-state index contributed by atoms with van der Waals surface area (Å²) in [7, 11) is -2.44. The zero-order valence-corrected chi connectivity index (χ0v) is 19.4. The van der Waals surface area contributed by atoms with Crippen LogP contribution in [-0.4, -0.2) is 36.4 Å². The molecular formula is C23H27ClN5OP. The third-order valence-electron chi connectivity index (χ3n) is 5.46. The summed E-state index contributed by atoms with van der Waals surface area (Å²) in [5.74, 6) is 1.94. The van der Waals surface area contributed by atoms with E-state index in [1.54, 1.807) is 19.5 Å². The van der Waals surface area contributed by atoms with Crippen LogP contribution in [0.15, 0.2) is 54.9 Å². The number of benzene rings is 1. The summed E-state index contributed by atoms with van der Waals surface area (Å²) >= 11 is 6.40. The van der Waals surface area contributed by atoms with Crippen molar-refractivity contribution < 1.29 is 4.57 Å². The number of halogens is 1. The molecule has 0 amide bonds. The first-order chi connectivity index (χ1) is 14.9. The maximum Gasteiger partial charge on any atom is 0.133 e. The van der Waals surface area contributed by atoms with Crippen LogP contribution < -0.4 is 21.3 Å². The molecular weight excluding hydrogens is 429 g/mol. The lowest BCUT2D eigenvalue weighted by Gasteiger charge is -2.23. The Hall–Kier alpha value is -2.40. The molecule has 31 heavy (non-hydrogen) atoms. The second-order valence-electron chi connectivity index (χ2n) is 8.17. The van der Waals surface area contributed by atoms with Gasteiger partial charge in [-0.1, -0.05) is 23.7 Å². The number of anilines is 4. The van der Waals surface area contributed by atoms with Gasteiger partial charge in [0.25, 0.3) is 0 Å². The number of aromatic nitrogens is 2. The van der Waals surface area contributed by atoms with Gasteiger partial charge in [-0.25, -0.2) is 9.97 Å². The molecule has 1 saturated heterocycles. The predicted octanol–water partition coefficient (Wildman–Crippen LogP) is 5.33. The number of nitrogens with one attached hydrogen (secondary N) is 3. The maximum absolute atomic E-state index is 12.7. The van der Waals surface area contributed by atoms with Crippen LogP contribution in [0.1, 0.15) is 24.3 Å². The van der Waals surface area contributed by atoms with Crippen molar-refractivity contribution in [2.45, 2.75) is 18.8 Å². The highest BCUT2D eigenvalue weighted by molar-refractivity contribution is 7.70. The summed E-state index contributed by atoms with van der Waals surface area (Å²) < 4.78 is 12.7. The third kappa shape index (κ3) is 5.45. The molecule has 1 fully saturated rings. The molecule has 0 aliphatic carbocycles. The van der Waals surface area contributed by atoms with E-state index in [-0.39, 0.29) is 0 Å². The number of nitrogens with zero attached hydrogens (tertiary/aromatic N) is 2. The molecule has 1 aromatic carbocycles. The highest BCUT2D eigenvalue weighted by atomic mass is 35.5. The average Bonchev–Trinajstić information content (AvgIpc) is 2.76. The van der Waals surface area contributed by atoms with E-state index < -0.39 is 7.14 Å². The summed E-state index contributed by atoms with van der Waals surface area (Å²) in [6, 6.07) is 13.6. The summed E-state index contributed by atoms with van der Waals surface area (Å²) in [6.07, 6.45) is 5.71. The smallest absolute Gasteiger partial charge is 0.133 e. The van der Waals surface area contributed by atoms with Crippen molar-refractivity contribution in [1.29, 1.82) is 0 Å². The minimum Gasteiger partial charge on any atom is -0.354 e. The summed E-state index contributed by atoms with van der Waals surface area (Å²) in [4.78, 5) is 8.86. The van der Waals surface area contributed by atoms with Crippen molar-refractivity contribution in [1.82, 2.24) is 15.3 Å². The summed E-state index contributed by atoms with van der Waals surface area (Å²) in [5, 5.41) is 11.3. The zero-order valence-electron chi connectivity index (χ0n) is 17.7. The van der Waals surface area contributed by atoms with Crippen molar-refractivity contribution >= 4 is 47.1 Å². The minimum atomic E-state index is -2.44. The molecule has 8 heteroatoms. The molecule has 2 aromatic heterocycles. The van der Waals surface area contributed by atoms with Crippen LogP contribution in [0, 0.1) is 0 Å². The molecule has 0 radical (unpaired) electrons. The number of pyridine rings is 2. The third-order valence-corrected chi connectivity index (χ3v) is 7.31. The van der Waals surface area contributed by atoms with Gasteiger partial charge in [-0.3, -0.25) is 0 Å². The van der Waals surface area contributed by atoms with Crippen molar-refractivity contribution in [3.63, 3.8) is 0 Å². The molecule has 0 saturated carbocycles. The topological polar surface area (TPSA) is 78.9 Å². The van der Waals surface area contributed by atoms with Crippen molar-refractivity contribution in [3.05, 3.63) is 65.4 Å². The Morgan fingerprint density at radius 1 is 1.00 bits per heavy atom.